The third-order valence-electron chi connectivity index (χ3n) is 2.97. The van der Waals surface area contributed by atoms with Gasteiger partial charge < -0.3 is 4.42 Å². The molecule has 3 rings (SSSR count). The second-order valence-corrected chi connectivity index (χ2v) is 5.23. The van der Waals surface area contributed by atoms with Gasteiger partial charge in [-0.3, -0.25) is 9.36 Å². The van der Waals surface area contributed by atoms with Crippen molar-refractivity contribution in [2.75, 3.05) is 0 Å². The van der Waals surface area contributed by atoms with Crippen molar-refractivity contribution in [3.63, 3.8) is 0 Å². The van der Waals surface area contributed by atoms with Crippen molar-refractivity contribution in [1.29, 1.82) is 0 Å². The average Bonchev–Trinajstić information content (AvgIpc) is 3.08. The maximum Gasteiger partial charge on any atom is 0.267 e. The summed E-state index contributed by atoms with van der Waals surface area (Å²) in [6.45, 7) is 4.64. The molecule has 0 spiro atoms. The minimum Gasteiger partial charge on any atom is -0.414 e. The fourth-order valence-corrected chi connectivity index (χ4v) is 2.52. The Morgan fingerprint density at radius 3 is 2.70 bits per heavy atom. The van der Waals surface area contributed by atoms with Gasteiger partial charge in [-0.05, 0) is 29.8 Å². The Morgan fingerprint density at radius 2 is 2.05 bits per heavy atom. The van der Waals surface area contributed by atoms with Crippen LogP contribution in [-0.4, -0.2) is 29.8 Å². The highest BCUT2D eigenvalue weighted by Gasteiger charge is 2.19. The topological polar surface area (TPSA) is 74.6 Å². The van der Waals surface area contributed by atoms with Gasteiger partial charge in [-0.2, -0.15) is 10.2 Å². The molecule has 0 radical (unpaired) electrons. The van der Waals surface area contributed by atoms with Gasteiger partial charge in [0, 0.05) is 19.8 Å². The summed E-state index contributed by atoms with van der Waals surface area (Å²) in [5.41, 5.74) is 2.48. The van der Waals surface area contributed by atoms with Crippen LogP contribution in [0.25, 0.3) is 23.0 Å². The lowest BCUT2D eigenvalue weighted by atomic mass is 10.3. The largest absolute Gasteiger partial charge is 0.414 e. The summed E-state index contributed by atoms with van der Waals surface area (Å²) in [5, 5.41) is 16.7. The van der Waals surface area contributed by atoms with E-state index in [4.69, 9.17) is 4.42 Å². The minimum absolute atomic E-state index is 0.439. The predicted octanol–water partition coefficient (Wildman–Crippen LogP) is 2.42. The van der Waals surface area contributed by atoms with Crippen LogP contribution in [0.3, 0.4) is 0 Å². The van der Waals surface area contributed by atoms with E-state index in [1.54, 1.807) is 15.6 Å². The van der Waals surface area contributed by atoms with Gasteiger partial charge in [-0.1, -0.05) is 0 Å². The van der Waals surface area contributed by atoms with Crippen molar-refractivity contribution in [3.8, 4) is 23.0 Å². The molecule has 0 N–H and O–H groups in total. The van der Waals surface area contributed by atoms with Gasteiger partial charge in [-0.25, -0.2) is 0 Å². The highest BCUT2D eigenvalue weighted by Crippen LogP contribution is 2.30. The van der Waals surface area contributed by atoms with Crippen LogP contribution in [0.5, 0.6) is 0 Å². The highest BCUT2D eigenvalue weighted by atomic mass is 79.9. The molecule has 0 amide bonds. The zero-order valence-corrected chi connectivity index (χ0v) is 12.9. The van der Waals surface area contributed by atoms with E-state index in [9.17, 15) is 0 Å². The summed E-state index contributed by atoms with van der Waals surface area (Å²) in [5.74, 6) is 0.899. The molecule has 0 aliphatic rings. The smallest absolute Gasteiger partial charge is 0.267 e. The van der Waals surface area contributed by atoms with E-state index < -0.39 is 0 Å². The molecule has 0 atom stereocenters. The van der Waals surface area contributed by atoms with E-state index in [2.05, 4.69) is 36.3 Å². The van der Waals surface area contributed by atoms with E-state index in [1.165, 1.54) is 0 Å². The van der Waals surface area contributed by atoms with Crippen LogP contribution in [0.2, 0.25) is 0 Å². The third kappa shape index (κ3) is 2.05. The van der Waals surface area contributed by atoms with E-state index in [0.29, 0.717) is 11.8 Å². The second-order valence-electron chi connectivity index (χ2n) is 4.37. The van der Waals surface area contributed by atoms with Crippen molar-refractivity contribution >= 4 is 15.9 Å². The van der Waals surface area contributed by atoms with Crippen molar-refractivity contribution in [1.82, 2.24) is 29.8 Å². The van der Waals surface area contributed by atoms with E-state index >= 15 is 0 Å². The molecule has 3 heterocycles. The molecule has 0 bridgehead atoms. The van der Waals surface area contributed by atoms with Gasteiger partial charge in [0.1, 0.15) is 5.69 Å². The number of nitrogens with zero attached hydrogens (tertiary/aromatic N) is 6. The van der Waals surface area contributed by atoms with Gasteiger partial charge in [0.2, 0.25) is 0 Å². The predicted molar refractivity (Wildman–Crippen MR) is 75.8 cm³/mol. The fourth-order valence-electron chi connectivity index (χ4n) is 2.05. The van der Waals surface area contributed by atoms with E-state index in [0.717, 1.165) is 28.0 Å². The number of hydrogen-bond donors (Lipinski definition) is 0. The maximum absolute atomic E-state index is 5.77. The summed E-state index contributed by atoms with van der Waals surface area (Å²) in [6, 6.07) is 0. The van der Waals surface area contributed by atoms with Gasteiger partial charge >= 0.3 is 0 Å². The van der Waals surface area contributed by atoms with Crippen molar-refractivity contribution in [3.05, 3.63) is 22.6 Å². The minimum atomic E-state index is 0.439. The van der Waals surface area contributed by atoms with Crippen LogP contribution in [-0.2, 0) is 13.6 Å². The molecule has 0 saturated heterocycles. The first-order chi connectivity index (χ1) is 9.60. The molecule has 0 fully saturated rings. The first-order valence-corrected chi connectivity index (χ1v) is 6.95. The fraction of sp³-hybridized carbons (Fsp3) is 0.333. The highest BCUT2D eigenvalue weighted by molar-refractivity contribution is 9.10. The normalized spacial score (nSPS) is 11.2. The Morgan fingerprint density at radius 1 is 1.30 bits per heavy atom. The lowest BCUT2D eigenvalue weighted by molar-refractivity contribution is 0.566. The van der Waals surface area contributed by atoms with E-state index in [1.807, 2.05) is 27.1 Å². The van der Waals surface area contributed by atoms with Crippen LogP contribution < -0.4 is 0 Å². The van der Waals surface area contributed by atoms with Crippen LogP contribution in [0, 0.1) is 6.92 Å². The summed E-state index contributed by atoms with van der Waals surface area (Å²) in [6.07, 6.45) is 3.58. The zero-order chi connectivity index (χ0) is 14.3. The van der Waals surface area contributed by atoms with Crippen LogP contribution in [0.15, 0.2) is 21.3 Å². The van der Waals surface area contributed by atoms with E-state index in [-0.39, 0.29) is 0 Å². The summed E-state index contributed by atoms with van der Waals surface area (Å²) >= 11 is 3.45. The number of halogens is 1. The van der Waals surface area contributed by atoms with Gasteiger partial charge in [0.25, 0.3) is 11.8 Å². The standard InChI is InChI=1S/C12H13BrN6O/c1-4-19-10(9(13)5-14-19)12-16-15-11(20-12)8-6-18(3)17-7(8)2/h5-6H,4H2,1-3H3. The third-order valence-corrected chi connectivity index (χ3v) is 3.55. The Balaban J connectivity index is 2.06. The number of hydrogen-bond acceptors (Lipinski definition) is 5. The molecule has 0 aliphatic heterocycles. The number of rotatable bonds is 3. The first kappa shape index (κ1) is 13.0. The maximum atomic E-state index is 5.77. The monoisotopic (exact) mass is 336 g/mol. The van der Waals surface area contributed by atoms with Gasteiger partial charge in [0.05, 0.1) is 21.9 Å². The molecule has 20 heavy (non-hydrogen) atoms. The lowest BCUT2D eigenvalue weighted by Crippen LogP contribution is -1.99. The van der Waals surface area contributed by atoms with Gasteiger partial charge in [-0.15, -0.1) is 10.2 Å². The Kier molecular flexibility index (Phi) is 3.17. The molecule has 0 aliphatic carbocycles. The molecule has 8 heteroatoms. The summed E-state index contributed by atoms with van der Waals surface area (Å²) < 4.78 is 10.1. The molecule has 0 aromatic carbocycles. The molecular formula is C12H13BrN6O. The second kappa shape index (κ2) is 4.86. The Bertz CT molecular complexity index is 756. The molecular weight excluding hydrogens is 324 g/mol. The first-order valence-electron chi connectivity index (χ1n) is 6.16. The quantitative estimate of drug-likeness (QED) is 0.734. The van der Waals surface area contributed by atoms with Crippen LogP contribution >= 0.6 is 15.9 Å². The Labute approximate surface area is 123 Å². The summed E-state index contributed by atoms with van der Waals surface area (Å²) in [4.78, 5) is 0. The number of aryl methyl sites for hydroxylation is 3. The van der Waals surface area contributed by atoms with Crippen molar-refractivity contribution in [2.24, 2.45) is 7.05 Å². The molecule has 3 aromatic heterocycles. The van der Waals surface area contributed by atoms with Crippen LogP contribution in [0.1, 0.15) is 12.6 Å². The SMILES string of the molecule is CCn1ncc(Br)c1-c1nnc(-c2cn(C)nc2C)o1. The van der Waals surface area contributed by atoms with Crippen molar-refractivity contribution < 1.29 is 4.42 Å². The molecule has 0 saturated carbocycles. The molecule has 0 unspecified atom stereocenters. The lowest BCUT2D eigenvalue weighted by Gasteiger charge is -1.99. The van der Waals surface area contributed by atoms with Gasteiger partial charge in [0.15, 0.2) is 0 Å². The zero-order valence-electron chi connectivity index (χ0n) is 11.3. The Hall–Kier alpha value is -1.96. The molecule has 104 valence electrons. The van der Waals surface area contributed by atoms with Crippen molar-refractivity contribution in [2.45, 2.75) is 20.4 Å². The van der Waals surface area contributed by atoms with Crippen LogP contribution in [0.4, 0.5) is 0 Å². The summed E-state index contributed by atoms with van der Waals surface area (Å²) in [7, 11) is 1.86. The average molecular weight is 337 g/mol. The molecule has 7 nitrogen and oxygen atoms in total. The number of aromatic nitrogens is 6. The molecule has 3 aromatic rings.